The molecule has 6 nitrogen and oxygen atoms in total. The van der Waals surface area contributed by atoms with Gasteiger partial charge in [-0.05, 0) is 59.4 Å². The molecule has 0 radical (unpaired) electrons. The van der Waals surface area contributed by atoms with Gasteiger partial charge in [0.1, 0.15) is 5.75 Å². The van der Waals surface area contributed by atoms with Crippen LogP contribution in [0.2, 0.25) is 0 Å². The van der Waals surface area contributed by atoms with E-state index in [2.05, 4.69) is 10.6 Å². The van der Waals surface area contributed by atoms with Crippen molar-refractivity contribution < 1.29 is 14.3 Å². The number of nitrogens with one attached hydrogen (secondary N) is 2. The van der Waals surface area contributed by atoms with Crippen LogP contribution in [0.1, 0.15) is 40.2 Å². The predicted molar refractivity (Wildman–Crippen MR) is 95.0 cm³/mol. The Labute approximate surface area is 144 Å². The van der Waals surface area contributed by atoms with Crippen LogP contribution in [0.5, 0.6) is 5.75 Å². The van der Waals surface area contributed by atoms with E-state index in [1.54, 1.807) is 6.92 Å². The minimum atomic E-state index is -0.478. The molecule has 1 aromatic rings. The molecule has 0 saturated carbocycles. The summed E-state index contributed by atoms with van der Waals surface area (Å²) in [5.41, 5.74) is 0.682. The second-order valence-electron chi connectivity index (χ2n) is 6.86. The summed E-state index contributed by atoms with van der Waals surface area (Å²) in [6.45, 7) is 10.5. The maximum atomic E-state index is 12.2. The van der Waals surface area contributed by atoms with Gasteiger partial charge in [0.05, 0.1) is 12.6 Å². The number of benzene rings is 1. The summed E-state index contributed by atoms with van der Waals surface area (Å²) in [6, 6.07) is 6.86. The molecular weight excluding hydrogens is 306 g/mol. The van der Waals surface area contributed by atoms with Crippen LogP contribution < -0.4 is 15.4 Å². The van der Waals surface area contributed by atoms with Gasteiger partial charge in [-0.1, -0.05) is 12.1 Å². The Bertz CT molecular complexity index is 550. The highest BCUT2D eigenvalue weighted by atomic mass is 16.5. The zero-order chi connectivity index (χ0) is 18.3. The number of carbonyl (C=O) groups is 2. The summed E-state index contributed by atoms with van der Waals surface area (Å²) >= 11 is 0. The molecule has 6 heteroatoms. The molecule has 24 heavy (non-hydrogen) atoms. The van der Waals surface area contributed by atoms with E-state index in [1.165, 1.54) is 0 Å². The Morgan fingerprint density at radius 2 is 1.79 bits per heavy atom. The number of rotatable bonds is 6. The van der Waals surface area contributed by atoms with Crippen molar-refractivity contribution in [3.8, 4) is 5.75 Å². The molecule has 0 saturated heterocycles. The van der Waals surface area contributed by atoms with Crippen molar-refractivity contribution in [3.63, 3.8) is 0 Å². The molecule has 0 unspecified atom stereocenters. The molecule has 134 valence electrons. The first kappa shape index (κ1) is 20.0. The standard InChI is InChI=1S/C18H29N3O3/c1-7-24-15-10-8-14(9-11-15)12-21(6)13(2)16(22)19-17(23)20-18(3,4)5/h8-11,13H,7,12H2,1-6H3,(H2,19,20,22,23)/t13-/m0/s1. The lowest BCUT2D eigenvalue weighted by molar-refractivity contribution is -0.124. The lowest BCUT2D eigenvalue weighted by Gasteiger charge is -2.25. The molecule has 2 N–H and O–H groups in total. The maximum absolute atomic E-state index is 12.2. The Morgan fingerprint density at radius 3 is 2.29 bits per heavy atom. The molecule has 0 bridgehead atoms. The number of urea groups is 1. The lowest BCUT2D eigenvalue weighted by Crippen LogP contribution is -2.52. The van der Waals surface area contributed by atoms with Gasteiger partial charge in [0.25, 0.3) is 0 Å². The van der Waals surface area contributed by atoms with Crippen LogP contribution in [-0.4, -0.2) is 42.1 Å². The van der Waals surface area contributed by atoms with Gasteiger partial charge >= 0.3 is 6.03 Å². The first-order valence-corrected chi connectivity index (χ1v) is 8.17. The van der Waals surface area contributed by atoms with Crippen molar-refractivity contribution in [2.45, 2.75) is 52.7 Å². The Morgan fingerprint density at radius 1 is 1.21 bits per heavy atom. The smallest absolute Gasteiger partial charge is 0.321 e. The minimum absolute atomic E-state index is 0.329. The molecule has 0 spiro atoms. The number of likely N-dealkylation sites (N-methyl/N-ethyl adjacent to an activating group) is 1. The van der Waals surface area contributed by atoms with Gasteiger partial charge in [-0.2, -0.15) is 0 Å². The molecule has 0 aliphatic carbocycles. The average Bonchev–Trinajstić information content (AvgIpc) is 2.46. The first-order chi connectivity index (χ1) is 11.1. The van der Waals surface area contributed by atoms with E-state index in [0.29, 0.717) is 13.2 Å². The summed E-state index contributed by atoms with van der Waals surface area (Å²) in [5.74, 6) is 0.499. The molecule has 1 atom stereocenters. The molecular formula is C18H29N3O3. The molecule has 1 rings (SSSR count). The van der Waals surface area contributed by atoms with Gasteiger partial charge in [-0.15, -0.1) is 0 Å². The van der Waals surface area contributed by atoms with Crippen molar-refractivity contribution in [2.75, 3.05) is 13.7 Å². The quantitative estimate of drug-likeness (QED) is 0.838. The number of hydrogen-bond donors (Lipinski definition) is 2. The van der Waals surface area contributed by atoms with Gasteiger partial charge in [-0.25, -0.2) is 4.79 Å². The summed E-state index contributed by atoms with van der Waals surface area (Å²) in [4.78, 5) is 25.8. The monoisotopic (exact) mass is 335 g/mol. The Balaban J connectivity index is 2.55. The fourth-order valence-corrected chi connectivity index (χ4v) is 2.07. The normalized spacial score (nSPS) is 12.6. The van der Waals surface area contributed by atoms with Crippen molar-refractivity contribution in [2.24, 2.45) is 0 Å². The second-order valence-corrected chi connectivity index (χ2v) is 6.86. The van der Waals surface area contributed by atoms with E-state index in [4.69, 9.17) is 4.74 Å². The first-order valence-electron chi connectivity index (χ1n) is 8.17. The summed E-state index contributed by atoms with van der Waals surface area (Å²) in [7, 11) is 1.85. The maximum Gasteiger partial charge on any atom is 0.321 e. The van der Waals surface area contributed by atoms with Crippen molar-refractivity contribution >= 4 is 11.9 Å². The fourth-order valence-electron chi connectivity index (χ4n) is 2.07. The summed E-state index contributed by atoms with van der Waals surface area (Å²) < 4.78 is 5.41. The zero-order valence-corrected chi connectivity index (χ0v) is 15.5. The van der Waals surface area contributed by atoms with E-state index in [-0.39, 0.29) is 11.4 Å². The van der Waals surface area contributed by atoms with Crippen LogP contribution in [0.3, 0.4) is 0 Å². The number of carbonyl (C=O) groups excluding carboxylic acids is 2. The van der Waals surface area contributed by atoms with Crippen LogP contribution in [0.15, 0.2) is 24.3 Å². The lowest BCUT2D eigenvalue weighted by atomic mass is 10.1. The number of imide groups is 1. The van der Waals surface area contributed by atoms with Gasteiger partial charge < -0.3 is 10.1 Å². The SMILES string of the molecule is CCOc1ccc(CN(C)[C@@H](C)C(=O)NC(=O)NC(C)(C)C)cc1. The molecule has 0 aliphatic heterocycles. The molecule has 1 aromatic carbocycles. The number of amides is 3. The Hall–Kier alpha value is -2.08. The molecule has 0 fully saturated rings. The van der Waals surface area contributed by atoms with Crippen molar-refractivity contribution in [1.29, 1.82) is 0 Å². The predicted octanol–water partition coefficient (Wildman–Crippen LogP) is 2.53. The number of hydrogen-bond acceptors (Lipinski definition) is 4. The van der Waals surface area contributed by atoms with E-state index in [9.17, 15) is 9.59 Å². The minimum Gasteiger partial charge on any atom is -0.494 e. The fraction of sp³-hybridized carbons (Fsp3) is 0.556. The largest absolute Gasteiger partial charge is 0.494 e. The highest BCUT2D eigenvalue weighted by Gasteiger charge is 2.22. The number of nitrogens with zero attached hydrogens (tertiary/aromatic N) is 1. The van der Waals surface area contributed by atoms with Crippen molar-refractivity contribution in [3.05, 3.63) is 29.8 Å². The van der Waals surface area contributed by atoms with Crippen LogP contribution in [0.4, 0.5) is 4.79 Å². The van der Waals surface area contributed by atoms with E-state index >= 15 is 0 Å². The van der Waals surface area contributed by atoms with Gasteiger partial charge in [0, 0.05) is 12.1 Å². The van der Waals surface area contributed by atoms with Gasteiger partial charge in [0.2, 0.25) is 5.91 Å². The highest BCUT2D eigenvalue weighted by molar-refractivity contribution is 5.97. The third-order valence-corrected chi connectivity index (χ3v) is 3.43. The molecule has 0 aliphatic rings. The highest BCUT2D eigenvalue weighted by Crippen LogP contribution is 2.14. The third kappa shape index (κ3) is 7.00. The van der Waals surface area contributed by atoms with E-state index in [1.807, 2.05) is 63.9 Å². The summed E-state index contributed by atoms with van der Waals surface area (Å²) in [5, 5.41) is 5.09. The van der Waals surface area contributed by atoms with Crippen LogP contribution in [0.25, 0.3) is 0 Å². The van der Waals surface area contributed by atoms with Gasteiger partial charge in [0.15, 0.2) is 0 Å². The zero-order valence-electron chi connectivity index (χ0n) is 15.5. The second kappa shape index (κ2) is 8.68. The molecule has 0 heterocycles. The van der Waals surface area contributed by atoms with E-state index in [0.717, 1.165) is 11.3 Å². The van der Waals surface area contributed by atoms with Crippen molar-refractivity contribution in [1.82, 2.24) is 15.5 Å². The van der Waals surface area contributed by atoms with Gasteiger partial charge in [-0.3, -0.25) is 15.0 Å². The summed E-state index contributed by atoms with van der Waals surface area (Å²) in [6.07, 6.45) is 0. The van der Waals surface area contributed by atoms with Crippen LogP contribution >= 0.6 is 0 Å². The molecule has 3 amide bonds. The van der Waals surface area contributed by atoms with Crippen LogP contribution in [-0.2, 0) is 11.3 Å². The third-order valence-electron chi connectivity index (χ3n) is 3.43. The topological polar surface area (TPSA) is 70.7 Å². The average molecular weight is 335 g/mol. The molecule has 0 aromatic heterocycles. The van der Waals surface area contributed by atoms with Crippen LogP contribution in [0, 0.1) is 0 Å². The number of ether oxygens (including phenoxy) is 1. The van der Waals surface area contributed by atoms with E-state index < -0.39 is 12.1 Å². The Kier molecular flexibility index (Phi) is 7.22.